The molecule has 1 heterocycles. The van der Waals surface area contributed by atoms with Gasteiger partial charge in [-0.05, 0) is 25.0 Å². The van der Waals surface area contributed by atoms with Crippen LogP contribution in [-0.4, -0.2) is 28.0 Å². The molecule has 0 spiro atoms. The van der Waals surface area contributed by atoms with Crippen molar-refractivity contribution >= 4 is 23.2 Å². The largest absolute Gasteiger partial charge is 0.481 e. The van der Waals surface area contributed by atoms with Crippen LogP contribution in [0.3, 0.4) is 0 Å². The molecule has 120 valence electrons. The number of hydrogen-bond acceptors (Lipinski definition) is 4. The number of nitrogens with one attached hydrogen (secondary N) is 1. The number of carboxylic acids is 1. The van der Waals surface area contributed by atoms with E-state index in [1.165, 1.54) is 23.5 Å². The summed E-state index contributed by atoms with van der Waals surface area (Å²) in [6.45, 7) is 0. The molecule has 1 aliphatic rings. The zero-order valence-electron chi connectivity index (χ0n) is 12.2. The van der Waals surface area contributed by atoms with Gasteiger partial charge in [0.2, 0.25) is 5.91 Å². The molecule has 1 aliphatic carbocycles. The van der Waals surface area contributed by atoms with Crippen molar-refractivity contribution in [3.05, 3.63) is 41.2 Å². The smallest absolute Gasteiger partial charge is 0.306 e. The number of carboxylic acid groups (broad SMARTS) is 1. The van der Waals surface area contributed by atoms with Crippen molar-refractivity contribution in [3.63, 3.8) is 0 Å². The minimum Gasteiger partial charge on any atom is -0.481 e. The van der Waals surface area contributed by atoms with E-state index in [2.05, 4.69) is 10.3 Å². The predicted octanol–water partition coefficient (Wildman–Crippen LogP) is 2.47. The molecule has 7 heteroatoms. The van der Waals surface area contributed by atoms with Crippen LogP contribution in [0.2, 0.25) is 0 Å². The van der Waals surface area contributed by atoms with Crippen molar-refractivity contribution in [3.8, 4) is 10.6 Å². The van der Waals surface area contributed by atoms with E-state index in [-0.39, 0.29) is 30.1 Å². The molecule has 0 radical (unpaired) electrons. The Bertz CT molecular complexity index is 740. The van der Waals surface area contributed by atoms with Gasteiger partial charge in [-0.15, -0.1) is 11.3 Å². The number of hydrogen-bond donors (Lipinski definition) is 2. The van der Waals surface area contributed by atoms with Gasteiger partial charge in [-0.2, -0.15) is 0 Å². The highest BCUT2D eigenvalue weighted by Gasteiger charge is 2.35. The lowest BCUT2D eigenvalue weighted by atomic mass is 9.80. The third kappa shape index (κ3) is 3.73. The van der Waals surface area contributed by atoms with Crippen LogP contribution < -0.4 is 5.32 Å². The lowest BCUT2D eigenvalue weighted by Crippen LogP contribution is -2.47. The fourth-order valence-electron chi connectivity index (χ4n) is 2.52. The average molecular weight is 334 g/mol. The molecule has 3 rings (SSSR count). The van der Waals surface area contributed by atoms with Crippen LogP contribution in [0.4, 0.5) is 4.39 Å². The lowest BCUT2D eigenvalue weighted by Gasteiger charge is -2.32. The molecular weight excluding hydrogens is 319 g/mol. The molecule has 2 N–H and O–H groups in total. The number of halogens is 1. The second-order valence-electron chi connectivity index (χ2n) is 5.60. The van der Waals surface area contributed by atoms with Crippen LogP contribution in [0.5, 0.6) is 0 Å². The first kappa shape index (κ1) is 15.6. The Kier molecular flexibility index (Phi) is 4.38. The van der Waals surface area contributed by atoms with Crippen LogP contribution in [0.15, 0.2) is 29.6 Å². The molecule has 5 nitrogen and oxygen atoms in total. The number of thiazole rings is 1. The van der Waals surface area contributed by atoms with E-state index in [0.29, 0.717) is 29.1 Å². The van der Waals surface area contributed by atoms with Gasteiger partial charge in [0.05, 0.1) is 18.0 Å². The number of rotatable bonds is 5. The predicted molar refractivity (Wildman–Crippen MR) is 83.5 cm³/mol. The topological polar surface area (TPSA) is 79.3 Å². The summed E-state index contributed by atoms with van der Waals surface area (Å²) in [5.74, 6) is -1.65. The van der Waals surface area contributed by atoms with Crippen LogP contribution in [-0.2, 0) is 16.0 Å². The number of aliphatic carboxylic acids is 1. The van der Waals surface area contributed by atoms with Crippen LogP contribution in [0.25, 0.3) is 10.6 Å². The van der Waals surface area contributed by atoms with Crippen molar-refractivity contribution in [1.82, 2.24) is 10.3 Å². The van der Waals surface area contributed by atoms with Gasteiger partial charge in [0.1, 0.15) is 10.8 Å². The minimum absolute atomic E-state index is 0.0649. The molecule has 1 amide bonds. The standard InChI is InChI=1S/C16H15FN2O3S/c17-11-3-1-2-9(4-11)15-19-13(8-23-15)7-14(20)18-12-5-10(6-12)16(21)22/h1-4,8,10,12H,5-7H2,(H,18,20)(H,21,22). The first-order valence-corrected chi connectivity index (χ1v) is 8.12. The molecule has 1 aromatic heterocycles. The summed E-state index contributed by atoms with van der Waals surface area (Å²) in [6.07, 6.45) is 1.10. The molecule has 0 aliphatic heterocycles. The Balaban J connectivity index is 1.55. The van der Waals surface area contributed by atoms with Crippen molar-refractivity contribution in [1.29, 1.82) is 0 Å². The van der Waals surface area contributed by atoms with Gasteiger partial charge >= 0.3 is 5.97 Å². The maximum Gasteiger partial charge on any atom is 0.306 e. The van der Waals surface area contributed by atoms with Gasteiger partial charge < -0.3 is 10.4 Å². The summed E-state index contributed by atoms with van der Waals surface area (Å²) in [4.78, 5) is 27.0. The summed E-state index contributed by atoms with van der Waals surface area (Å²) in [5, 5.41) is 14.1. The normalized spacial score (nSPS) is 19.9. The summed E-state index contributed by atoms with van der Waals surface area (Å²) in [6, 6.07) is 6.10. The SMILES string of the molecule is O=C(Cc1csc(-c2cccc(F)c2)n1)NC1CC(C(=O)O)C1. The first-order valence-electron chi connectivity index (χ1n) is 7.24. The molecule has 2 aromatic rings. The number of carbonyl (C=O) groups excluding carboxylic acids is 1. The number of carbonyl (C=O) groups is 2. The molecule has 23 heavy (non-hydrogen) atoms. The van der Waals surface area contributed by atoms with Gasteiger partial charge in [0.15, 0.2) is 0 Å². The summed E-state index contributed by atoms with van der Waals surface area (Å²) >= 11 is 1.36. The average Bonchev–Trinajstić information content (AvgIpc) is 2.90. The van der Waals surface area contributed by atoms with E-state index in [9.17, 15) is 14.0 Å². The summed E-state index contributed by atoms with van der Waals surface area (Å²) < 4.78 is 13.2. The second kappa shape index (κ2) is 6.45. The fourth-order valence-corrected chi connectivity index (χ4v) is 3.34. The van der Waals surface area contributed by atoms with Gasteiger partial charge in [-0.3, -0.25) is 9.59 Å². The van der Waals surface area contributed by atoms with E-state index < -0.39 is 5.97 Å². The van der Waals surface area contributed by atoms with Crippen molar-refractivity contribution in [2.45, 2.75) is 25.3 Å². The Hall–Kier alpha value is -2.28. The highest BCUT2D eigenvalue weighted by atomic mass is 32.1. The van der Waals surface area contributed by atoms with Gasteiger partial charge in [0.25, 0.3) is 0 Å². The molecule has 1 fully saturated rings. The second-order valence-corrected chi connectivity index (χ2v) is 6.46. The number of nitrogens with zero attached hydrogens (tertiary/aromatic N) is 1. The number of amides is 1. The van der Waals surface area contributed by atoms with E-state index in [0.717, 1.165) is 0 Å². The van der Waals surface area contributed by atoms with Crippen LogP contribution >= 0.6 is 11.3 Å². The third-order valence-electron chi connectivity index (χ3n) is 3.82. The third-order valence-corrected chi connectivity index (χ3v) is 4.76. The molecule has 0 unspecified atom stereocenters. The van der Waals surface area contributed by atoms with Gasteiger partial charge in [-0.1, -0.05) is 12.1 Å². The number of benzene rings is 1. The van der Waals surface area contributed by atoms with Crippen molar-refractivity contribution in [2.75, 3.05) is 0 Å². The van der Waals surface area contributed by atoms with E-state index in [1.807, 2.05) is 0 Å². The van der Waals surface area contributed by atoms with Gasteiger partial charge in [0, 0.05) is 17.0 Å². The first-order chi connectivity index (χ1) is 11.0. The monoisotopic (exact) mass is 334 g/mol. The van der Waals surface area contributed by atoms with Crippen LogP contribution in [0, 0.1) is 11.7 Å². The lowest BCUT2D eigenvalue weighted by molar-refractivity contribution is -0.146. The molecule has 1 aromatic carbocycles. The van der Waals surface area contributed by atoms with Crippen molar-refractivity contribution in [2.24, 2.45) is 5.92 Å². The van der Waals surface area contributed by atoms with Gasteiger partial charge in [-0.25, -0.2) is 9.37 Å². The Morgan fingerprint density at radius 1 is 1.39 bits per heavy atom. The maximum absolute atomic E-state index is 13.2. The molecule has 0 atom stereocenters. The molecule has 0 bridgehead atoms. The molecular formula is C16H15FN2O3S. The Morgan fingerprint density at radius 2 is 2.17 bits per heavy atom. The highest BCUT2D eigenvalue weighted by molar-refractivity contribution is 7.13. The minimum atomic E-state index is -0.810. The highest BCUT2D eigenvalue weighted by Crippen LogP contribution is 2.28. The zero-order valence-corrected chi connectivity index (χ0v) is 13.0. The van der Waals surface area contributed by atoms with E-state index in [1.54, 1.807) is 17.5 Å². The quantitative estimate of drug-likeness (QED) is 0.880. The van der Waals surface area contributed by atoms with Crippen LogP contribution in [0.1, 0.15) is 18.5 Å². The van der Waals surface area contributed by atoms with Crippen molar-refractivity contribution < 1.29 is 19.1 Å². The zero-order chi connectivity index (χ0) is 16.4. The molecule has 0 saturated heterocycles. The van der Waals surface area contributed by atoms with E-state index in [4.69, 9.17) is 5.11 Å². The summed E-state index contributed by atoms with van der Waals surface area (Å²) in [5.41, 5.74) is 1.31. The Morgan fingerprint density at radius 3 is 2.87 bits per heavy atom. The fraction of sp³-hybridized carbons (Fsp3) is 0.312. The summed E-state index contributed by atoms with van der Waals surface area (Å²) in [7, 11) is 0. The molecule has 1 saturated carbocycles. The number of aromatic nitrogens is 1. The van der Waals surface area contributed by atoms with E-state index >= 15 is 0 Å². The maximum atomic E-state index is 13.2. The Labute approximate surface area is 136 Å².